The maximum Gasteiger partial charge on any atom is 0.0606 e. The van der Waals surface area contributed by atoms with Crippen LogP contribution < -0.4 is 10.6 Å². The molecule has 0 saturated heterocycles. The Balaban J connectivity index is 1.31. The Morgan fingerprint density at radius 1 is 0.412 bits per heavy atom. The van der Waals surface area contributed by atoms with Crippen LogP contribution >= 0.6 is 23.5 Å². The van der Waals surface area contributed by atoms with Gasteiger partial charge in [-0.15, -0.1) is 0 Å². The van der Waals surface area contributed by atoms with E-state index in [2.05, 4.69) is 120 Å². The Morgan fingerprint density at radius 3 is 1.38 bits per heavy atom. The first kappa shape index (κ1) is 19.8. The third kappa shape index (κ3) is 3.30. The van der Waals surface area contributed by atoms with Crippen LogP contribution in [-0.4, -0.2) is 0 Å². The van der Waals surface area contributed by atoms with Crippen molar-refractivity contribution in [3.63, 3.8) is 0 Å². The molecular weight excluding hydrogens is 452 g/mol. The number of rotatable bonds is 2. The van der Waals surface area contributed by atoms with E-state index in [-0.39, 0.29) is 0 Å². The maximum atomic E-state index is 3.69. The largest absolute Gasteiger partial charge is 0.353 e. The van der Waals surface area contributed by atoms with Crippen LogP contribution in [0.4, 0.5) is 22.7 Å². The van der Waals surface area contributed by atoms with Crippen LogP contribution in [0.2, 0.25) is 0 Å². The predicted octanol–water partition coefficient (Wildman–Crippen LogP) is 9.44. The van der Waals surface area contributed by atoms with Crippen molar-refractivity contribution in [2.45, 2.75) is 19.6 Å². The highest BCUT2D eigenvalue weighted by atomic mass is 32.2. The molecule has 2 aliphatic heterocycles. The van der Waals surface area contributed by atoms with Gasteiger partial charge in [0.1, 0.15) is 0 Å². The van der Waals surface area contributed by atoms with Crippen LogP contribution in [0.3, 0.4) is 0 Å². The van der Waals surface area contributed by atoms with Crippen molar-refractivity contribution in [1.82, 2.24) is 0 Å². The van der Waals surface area contributed by atoms with E-state index >= 15 is 0 Å². The van der Waals surface area contributed by atoms with Crippen molar-refractivity contribution in [3.8, 4) is 22.3 Å². The summed E-state index contributed by atoms with van der Waals surface area (Å²) in [5, 5.41) is 7.38. The molecule has 0 unspecified atom stereocenters. The molecular formula is C30H20N2S2. The fourth-order valence-corrected chi connectivity index (χ4v) is 6.69. The van der Waals surface area contributed by atoms with E-state index in [4.69, 9.17) is 0 Å². The number of hydrogen-bond acceptors (Lipinski definition) is 4. The Bertz CT molecular complexity index is 1460. The second kappa shape index (κ2) is 8.01. The zero-order valence-electron chi connectivity index (χ0n) is 18.2. The van der Waals surface area contributed by atoms with E-state index in [0.29, 0.717) is 0 Å². The third-order valence-electron chi connectivity index (χ3n) is 6.27. The molecule has 2 nitrogen and oxygen atoms in total. The number of para-hydroxylation sites is 4. The summed E-state index contributed by atoms with van der Waals surface area (Å²) >= 11 is 3.66. The van der Waals surface area contributed by atoms with Crippen LogP contribution in [0, 0.1) is 0 Å². The van der Waals surface area contributed by atoms with Gasteiger partial charge in [-0.3, -0.25) is 0 Å². The molecule has 2 N–H and O–H groups in total. The molecule has 5 aromatic carbocycles. The van der Waals surface area contributed by atoms with Gasteiger partial charge in [-0.1, -0.05) is 90.3 Å². The highest BCUT2D eigenvalue weighted by Crippen LogP contribution is 2.50. The van der Waals surface area contributed by atoms with Gasteiger partial charge in [-0.25, -0.2) is 0 Å². The molecule has 0 aliphatic carbocycles. The number of fused-ring (bicyclic) bond motifs is 4. The van der Waals surface area contributed by atoms with Gasteiger partial charge in [0, 0.05) is 30.7 Å². The monoisotopic (exact) mass is 472 g/mol. The molecule has 0 radical (unpaired) electrons. The van der Waals surface area contributed by atoms with Crippen molar-refractivity contribution in [1.29, 1.82) is 0 Å². The predicted molar refractivity (Wildman–Crippen MR) is 145 cm³/mol. The van der Waals surface area contributed by atoms with Gasteiger partial charge in [0.25, 0.3) is 0 Å². The first-order valence-electron chi connectivity index (χ1n) is 11.3. The number of hydrogen-bond donors (Lipinski definition) is 2. The molecule has 0 fully saturated rings. The lowest BCUT2D eigenvalue weighted by molar-refractivity contribution is 1.31. The van der Waals surface area contributed by atoms with Gasteiger partial charge >= 0.3 is 0 Å². The van der Waals surface area contributed by atoms with Crippen LogP contribution in [-0.2, 0) is 0 Å². The van der Waals surface area contributed by atoms with E-state index in [1.165, 1.54) is 64.6 Å². The van der Waals surface area contributed by atoms with E-state index in [9.17, 15) is 0 Å². The van der Waals surface area contributed by atoms with E-state index in [0.717, 1.165) is 0 Å². The van der Waals surface area contributed by atoms with Gasteiger partial charge < -0.3 is 10.6 Å². The Kier molecular flexibility index (Phi) is 4.67. The van der Waals surface area contributed by atoms with Crippen molar-refractivity contribution in [2.75, 3.05) is 10.6 Å². The quantitative estimate of drug-likeness (QED) is 0.262. The summed E-state index contributed by atoms with van der Waals surface area (Å²) in [7, 11) is 0. The first-order valence-corrected chi connectivity index (χ1v) is 12.9. The Morgan fingerprint density at radius 2 is 0.853 bits per heavy atom. The fraction of sp³-hybridized carbons (Fsp3) is 0. The second-order valence-corrected chi connectivity index (χ2v) is 10.6. The van der Waals surface area contributed by atoms with Crippen LogP contribution in [0.15, 0.2) is 129 Å². The zero-order valence-corrected chi connectivity index (χ0v) is 19.8. The SMILES string of the molecule is c1cc(-c2cccc3c2Nc2ccccc2S3)cc(-c2cccc3c2Nc2ccccc2S3)c1. The average Bonchev–Trinajstić information content (AvgIpc) is 2.90. The molecule has 2 aliphatic rings. The molecule has 5 aromatic rings. The van der Waals surface area contributed by atoms with Gasteiger partial charge in [0.15, 0.2) is 0 Å². The van der Waals surface area contributed by atoms with Crippen molar-refractivity contribution >= 4 is 46.3 Å². The molecule has 0 spiro atoms. The van der Waals surface area contributed by atoms with Gasteiger partial charge in [0.05, 0.1) is 22.7 Å². The fourth-order valence-electron chi connectivity index (χ4n) is 4.65. The molecule has 0 saturated carbocycles. The summed E-state index contributed by atoms with van der Waals surface area (Å²) in [4.78, 5) is 5.04. The molecule has 4 heteroatoms. The molecule has 162 valence electrons. The Labute approximate surface area is 207 Å². The second-order valence-electron chi connectivity index (χ2n) is 8.38. The number of nitrogens with one attached hydrogen (secondary N) is 2. The smallest absolute Gasteiger partial charge is 0.0606 e. The summed E-state index contributed by atoms with van der Waals surface area (Å²) in [5.41, 5.74) is 9.56. The van der Waals surface area contributed by atoms with Gasteiger partial charge in [-0.2, -0.15) is 0 Å². The normalized spacial score (nSPS) is 12.9. The summed E-state index contributed by atoms with van der Waals surface area (Å²) in [5.74, 6) is 0. The highest BCUT2D eigenvalue weighted by molar-refractivity contribution is 8.00. The molecule has 2 heterocycles. The van der Waals surface area contributed by atoms with Crippen LogP contribution in [0.25, 0.3) is 22.3 Å². The minimum absolute atomic E-state index is 1.17. The first-order chi connectivity index (χ1) is 16.8. The number of benzene rings is 5. The molecule has 0 amide bonds. The topological polar surface area (TPSA) is 24.1 Å². The van der Waals surface area contributed by atoms with Gasteiger partial charge in [-0.05, 0) is 53.6 Å². The molecule has 0 atom stereocenters. The lowest BCUT2D eigenvalue weighted by Gasteiger charge is -2.24. The minimum Gasteiger partial charge on any atom is -0.353 e. The summed E-state index contributed by atoms with van der Waals surface area (Å²) in [6.45, 7) is 0. The molecule has 0 bridgehead atoms. The molecule has 0 aromatic heterocycles. The lowest BCUT2D eigenvalue weighted by atomic mass is 9.96. The van der Waals surface area contributed by atoms with Gasteiger partial charge in [0.2, 0.25) is 0 Å². The van der Waals surface area contributed by atoms with Crippen molar-refractivity contribution < 1.29 is 0 Å². The average molecular weight is 473 g/mol. The maximum absolute atomic E-state index is 3.69. The zero-order chi connectivity index (χ0) is 22.5. The highest BCUT2D eigenvalue weighted by Gasteiger charge is 2.21. The van der Waals surface area contributed by atoms with Crippen LogP contribution in [0.5, 0.6) is 0 Å². The van der Waals surface area contributed by atoms with Crippen LogP contribution in [0.1, 0.15) is 0 Å². The molecule has 7 rings (SSSR count). The van der Waals surface area contributed by atoms with E-state index in [1.54, 1.807) is 0 Å². The number of anilines is 4. The van der Waals surface area contributed by atoms with E-state index < -0.39 is 0 Å². The van der Waals surface area contributed by atoms with E-state index in [1.807, 2.05) is 23.5 Å². The van der Waals surface area contributed by atoms with Crippen molar-refractivity contribution in [3.05, 3.63) is 109 Å². The van der Waals surface area contributed by atoms with Crippen molar-refractivity contribution in [2.24, 2.45) is 0 Å². The summed E-state index contributed by atoms with van der Waals surface area (Å²) in [6, 6.07) is 39.0. The summed E-state index contributed by atoms with van der Waals surface area (Å²) in [6.07, 6.45) is 0. The third-order valence-corrected chi connectivity index (χ3v) is 8.54. The molecule has 34 heavy (non-hydrogen) atoms. The Hall–Kier alpha value is -3.60. The lowest BCUT2D eigenvalue weighted by Crippen LogP contribution is -2.02. The standard InChI is InChI=1S/C30H20N2S2/c1-3-14-25-23(12-1)31-29-21(10-6-16-27(29)33-25)19-8-5-9-20(18-19)22-11-7-17-28-30(22)32-24-13-2-4-15-26(24)34-28/h1-18,31-32H. The minimum atomic E-state index is 1.17. The summed E-state index contributed by atoms with van der Waals surface area (Å²) < 4.78 is 0.